The maximum atomic E-state index is 12.9. The topological polar surface area (TPSA) is 27.1 Å². The van der Waals surface area contributed by atoms with Crippen LogP contribution in [0.5, 0.6) is 0 Å². The molecule has 0 saturated heterocycles. The highest BCUT2D eigenvalue weighted by Gasteiger charge is 2.30. The molecule has 0 amide bonds. The maximum absolute atomic E-state index is 12.9. The van der Waals surface area contributed by atoms with Crippen LogP contribution in [0.25, 0.3) is 22.4 Å². The lowest BCUT2D eigenvalue weighted by atomic mass is 10.1. The fraction of sp³-hybridized carbons (Fsp3) is 0.0952. The number of benzene rings is 3. The number of hydrogen-bond acceptors (Lipinski definition) is 2. The molecule has 0 atom stereocenters. The lowest BCUT2D eigenvalue weighted by molar-refractivity contribution is -0.137. The van der Waals surface area contributed by atoms with Crippen LogP contribution in [-0.4, -0.2) is 9.71 Å². The van der Waals surface area contributed by atoms with Gasteiger partial charge in [-0.25, -0.2) is 4.98 Å². The molecule has 3 nitrogen and oxygen atoms in total. The third kappa shape index (κ3) is 3.55. The van der Waals surface area contributed by atoms with Crippen LogP contribution >= 0.6 is 11.6 Å². The fourth-order valence-corrected chi connectivity index (χ4v) is 3.14. The van der Waals surface area contributed by atoms with Gasteiger partial charge in [-0.05, 0) is 42.0 Å². The van der Waals surface area contributed by atoms with Gasteiger partial charge in [0.15, 0.2) is 5.82 Å². The molecule has 3 aromatic carbocycles. The second-order valence-electron chi connectivity index (χ2n) is 6.17. The maximum Gasteiger partial charge on any atom is 0.416 e. The van der Waals surface area contributed by atoms with Crippen molar-refractivity contribution in [3.05, 3.63) is 88.9 Å². The standard InChI is InChI=1S/C21H14ClF3N2O/c22-17-9-2-1-8-16(17)20-26-18-10-3-4-11-19(18)27(20)28-13-14-6-5-7-15(12-14)21(23,24)25/h1-12H,13H2. The Balaban J connectivity index is 1.73. The molecule has 1 heterocycles. The molecule has 142 valence electrons. The highest BCUT2D eigenvalue weighted by atomic mass is 35.5. The highest BCUT2D eigenvalue weighted by Crippen LogP contribution is 2.31. The van der Waals surface area contributed by atoms with Crippen LogP contribution in [0.4, 0.5) is 13.2 Å². The van der Waals surface area contributed by atoms with Crippen molar-refractivity contribution in [2.45, 2.75) is 12.8 Å². The first kappa shape index (κ1) is 18.4. The molecule has 4 rings (SSSR count). The molecule has 28 heavy (non-hydrogen) atoms. The molecule has 1 aromatic heterocycles. The van der Waals surface area contributed by atoms with Crippen molar-refractivity contribution >= 4 is 22.6 Å². The summed E-state index contributed by atoms with van der Waals surface area (Å²) < 4.78 is 40.4. The number of para-hydroxylation sites is 2. The van der Waals surface area contributed by atoms with E-state index in [1.165, 1.54) is 10.8 Å². The SMILES string of the molecule is FC(F)(F)c1cccc(COn2c(-c3ccccc3Cl)nc3ccccc32)c1. The van der Waals surface area contributed by atoms with E-state index >= 15 is 0 Å². The molecule has 0 aliphatic heterocycles. The predicted molar refractivity (Wildman–Crippen MR) is 102 cm³/mol. The lowest BCUT2D eigenvalue weighted by Crippen LogP contribution is -2.13. The van der Waals surface area contributed by atoms with Gasteiger partial charge in [0, 0.05) is 5.56 Å². The summed E-state index contributed by atoms with van der Waals surface area (Å²) in [6, 6.07) is 19.6. The minimum atomic E-state index is -4.40. The Morgan fingerprint density at radius 2 is 1.68 bits per heavy atom. The van der Waals surface area contributed by atoms with Crippen molar-refractivity contribution in [3.63, 3.8) is 0 Å². The van der Waals surface area contributed by atoms with E-state index in [0.717, 1.165) is 12.1 Å². The number of fused-ring (bicyclic) bond motifs is 1. The third-order valence-electron chi connectivity index (χ3n) is 4.25. The van der Waals surface area contributed by atoms with Gasteiger partial charge in [-0.3, -0.25) is 0 Å². The summed E-state index contributed by atoms with van der Waals surface area (Å²) in [5.74, 6) is 0.485. The molecule has 0 saturated carbocycles. The highest BCUT2D eigenvalue weighted by molar-refractivity contribution is 6.33. The van der Waals surface area contributed by atoms with Crippen LogP contribution in [0.2, 0.25) is 5.02 Å². The predicted octanol–water partition coefficient (Wildman–Crippen LogP) is 6.00. The zero-order chi connectivity index (χ0) is 19.7. The minimum Gasteiger partial charge on any atom is -0.407 e. The van der Waals surface area contributed by atoms with Gasteiger partial charge < -0.3 is 4.84 Å². The first-order chi connectivity index (χ1) is 13.4. The summed E-state index contributed by atoms with van der Waals surface area (Å²) in [6.45, 7) is -0.0538. The average Bonchev–Trinajstić information content (AvgIpc) is 3.04. The molecule has 0 spiro atoms. The van der Waals surface area contributed by atoms with E-state index in [4.69, 9.17) is 16.4 Å². The van der Waals surface area contributed by atoms with Crippen molar-refractivity contribution in [2.75, 3.05) is 0 Å². The Morgan fingerprint density at radius 3 is 2.46 bits per heavy atom. The van der Waals surface area contributed by atoms with Gasteiger partial charge in [-0.1, -0.05) is 48.0 Å². The van der Waals surface area contributed by atoms with E-state index in [1.54, 1.807) is 12.1 Å². The van der Waals surface area contributed by atoms with Crippen molar-refractivity contribution in [1.82, 2.24) is 9.71 Å². The van der Waals surface area contributed by atoms with E-state index in [1.807, 2.05) is 42.5 Å². The zero-order valence-corrected chi connectivity index (χ0v) is 15.2. The first-order valence-corrected chi connectivity index (χ1v) is 8.83. The second kappa shape index (κ2) is 7.20. The average molecular weight is 403 g/mol. The van der Waals surface area contributed by atoms with Crippen LogP contribution in [0.3, 0.4) is 0 Å². The van der Waals surface area contributed by atoms with Crippen molar-refractivity contribution < 1.29 is 18.0 Å². The summed E-state index contributed by atoms with van der Waals surface area (Å²) in [4.78, 5) is 10.5. The summed E-state index contributed by atoms with van der Waals surface area (Å²) in [5, 5.41) is 0.502. The molecule has 0 aliphatic carbocycles. The monoisotopic (exact) mass is 402 g/mol. The number of nitrogens with zero attached hydrogens (tertiary/aromatic N) is 2. The van der Waals surface area contributed by atoms with Crippen molar-refractivity contribution in [2.24, 2.45) is 0 Å². The summed E-state index contributed by atoms with van der Waals surface area (Å²) in [7, 11) is 0. The van der Waals surface area contributed by atoms with Crippen molar-refractivity contribution in [3.8, 4) is 11.4 Å². The Kier molecular flexibility index (Phi) is 4.73. The van der Waals surface area contributed by atoms with E-state index in [-0.39, 0.29) is 6.61 Å². The number of rotatable bonds is 4. The Labute approximate surface area is 163 Å². The third-order valence-corrected chi connectivity index (χ3v) is 4.58. The minimum absolute atomic E-state index is 0.0538. The van der Waals surface area contributed by atoms with Crippen LogP contribution < -0.4 is 4.84 Å². The number of halogens is 4. The molecule has 0 aliphatic rings. The number of imidazole rings is 1. The van der Waals surface area contributed by atoms with Crippen molar-refractivity contribution in [1.29, 1.82) is 0 Å². The second-order valence-corrected chi connectivity index (χ2v) is 6.58. The molecular weight excluding hydrogens is 389 g/mol. The van der Waals surface area contributed by atoms with E-state index < -0.39 is 11.7 Å². The molecule has 4 aromatic rings. The Morgan fingerprint density at radius 1 is 0.929 bits per heavy atom. The van der Waals surface area contributed by atoms with Gasteiger partial charge in [0.25, 0.3) is 0 Å². The van der Waals surface area contributed by atoms with E-state index in [2.05, 4.69) is 4.98 Å². The summed E-state index contributed by atoms with van der Waals surface area (Å²) in [6.07, 6.45) is -4.40. The number of hydrogen-bond donors (Lipinski definition) is 0. The quantitative estimate of drug-likeness (QED) is 0.418. The van der Waals surface area contributed by atoms with Crippen LogP contribution in [0.15, 0.2) is 72.8 Å². The summed E-state index contributed by atoms with van der Waals surface area (Å²) >= 11 is 6.31. The van der Waals surface area contributed by atoms with Gasteiger partial charge in [-0.15, -0.1) is 0 Å². The van der Waals surface area contributed by atoms with E-state index in [0.29, 0.717) is 33.0 Å². The zero-order valence-electron chi connectivity index (χ0n) is 14.4. The largest absolute Gasteiger partial charge is 0.416 e. The van der Waals surface area contributed by atoms with Crippen LogP contribution in [-0.2, 0) is 12.8 Å². The molecular formula is C21H14ClF3N2O. The van der Waals surface area contributed by atoms with Gasteiger partial charge in [0.1, 0.15) is 12.1 Å². The Bertz CT molecular complexity index is 1140. The van der Waals surface area contributed by atoms with Gasteiger partial charge in [0.05, 0.1) is 16.1 Å². The summed E-state index contributed by atoms with van der Waals surface area (Å²) in [5.41, 5.74) is 1.75. The molecule has 0 unspecified atom stereocenters. The fourth-order valence-electron chi connectivity index (χ4n) is 2.92. The molecule has 0 bridgehead atoms. The first-order valence-electron chi connectivity index (χ1n) is 8.45. The molecule has 0 N–H and O–H groups in total. The molecule has 0 fully saturated rings. The lowest BCUT2D eigenvalue weighted by Gasteiger charge is -2.13. The van der Waals surface area contributed by atoms with Crippen LogP contribution in [0, 0.1) is 0 Å². The van der Waals surface area contributed by atoms with Gasteiger partial charge in [0.2, 0.25) is 0 Å². The molecule has 7 heteroatoms. The number of alkyl halides is 3. The van der Waals surface area contributed by atoms with E-state index in [9.17, 15) is 13.2 Å². The van der Waals surface area contributed by atoms with Gasteiger partial charge >= 0.3 is 6.18 Å². The van der Waals surface area contributed by atoms with Crippen LogP contribution in [0.1, 0.15) is 11.1 Å². The normalized spacial score (nSPS) is 11.7. The molecule has 0 radical (unpaired) electrons. The van der Waals surface area contributed by atoms with Gasteiger partial charge in [-0.2, -0.15) is 17.9 Å². The Hall–Kier alpha value is -2.99. The smallest absolute Gasteiger partial charge is 0.407 e. The number of aromatic nitrogens is 2.